The average molecular weight is 472 g/mol. The molecule has 0 unspecified atom stereocenters. The number of hydrogen-bond donors (Lipinski definition) is 1. The first-order valence-corrected chi connectivity index (χ1v) is 11.2. The highest BCUT2D eigenvalue weighted by molar-refractivity contribution is 7.22. The normalized spacial score (nSPS) is 10.9. The minimum atomic E-state index is -0.417. The number of nitrogens with one attached hydrogen (secondary N) is 1. The topological polar surface area (TPSA) is 75.4 Å². The number of aryl methyl sites for hydroxylation is 1. The number of aromatic nitrogens is 1. The van der Waals surface area contributed by atoms with Gasteiger partial charge >= 0.3 is 0 Å². The number of fused-ring (bicyclic) bond motifs is 1. The number of amides is 2. The van der Waals surface area contributed by atoms with Crippen LogP contribution in [0.2, 0.25) is 0 Å². The Morgan fingerprint density at radius 1 is 1.00 bits per heavy atom. The summed E-state index contributed by atoms with van der Waals surface area (Å²) in [7, 11) is 0. The van der Waals surface area contributed by atoms with Gasteiger partial charge < -0.3 is 9.73 Å². The summed E-state index contributed by atoms with van der Waals surface area (Å²) < 4.78 is 19.7. The summed E-state index contributed by atoms with van der Waals surface area (Å²) in [6.45, 7) is 1.83. The molecule has 2 aromatic heterocycles. The Bertz CT molecular complexity index is 1460. The van der Waals surface area contributed by atoms with Crippen LogP contribution in [0.25, 0.3) is 10.2 Å². The van der Waals surface area contributed by atoms with E-state index in [4.69, 9.17) is 4.42 Å². The molecule has 34 heavy (non-hydrogen) atoms. The second kappa shape index (κ2) is 8.92. The zero-order valence-electron chi connectivity index (χ0n) is 18.0. The number of carbonyl (C=O) groups excluding carboxylic acids is 2. The van der Waals surface area contributed by atoms with E-state index in [9.17, 15) is 14.0 Å². The molecule has 8 heteroatoms. The third-order valence-corrected chi connectivity index (χ3v) is 6.26. The van der Waals surface area contributed by atoms with Crippen molar-refractivity contribution in [1.29, 1.82) is 0 Å². The fourth-order valence-electron chi connectivity index (χ4n) is 3.47. The predicted molar refractivity (Wildman–Crippen MR) is 130 cm³/mol. The lowest BCUT2D eigenvalue weighted by Gasteiger charge is -2.21. The van der Waals surface area contributed by atoms with E-state index in [-0.39, 0.29) is 11.7 Å². The minimum absolute atomic E-state index is 0.165. The maximum atomic E-state index is 13.8. The van der Waals surface area contributed by atoms with Crippen LogP contribution < -0.4 is 10.2 Å². The molecule has 0 saturated heterocycles. The molecule has 0 aliphatic rings. The van der Waals surface area contributed by atoms with Crippen molar-refractivity contribution < 1.29 is 18.4 Å². The van der Waals surface area contributed by atoms with Crippen LogP contribution in [0.3, 0.4) is 0 Å². The number of benzene rings is 3. The van der Waals surface area contributed by atoms with Gasteiger partial charge in [-0.25, -0.2) is 9.37 Å². The van der Waals surface area contributed by atoms with Crippen LogP contribution in [0.5, 0.6) is 0 Å². The first-order valence-electron chi connectivity index (χ1n) is 10.4. The van der Waals surface area contributed by atoms with Crippen molar-refractivity contribution in [3.8, 4) is 0 Å². The van der Waals surface area contributed by atoms with E-state index in [0.29, 0.717) is 22.1 Å². The Hall–Kier alpha value is -4.30. The number of nitrogens with zero attached hydrogens (tertiary/aromatic N) is 2. The molecule has 3 aromatic carbocycles. The first-order chi connectivity index (χ1) is 16.5. The third kappa shape index (κ3) is 4.18. The molecule has 0 radical (unpaired) electrons. The van der Waals surface area contributed by atoms with Crippen molar-refractivity contribution in [3.63, 3.8) is 0 Å². The summed E-state index contributed by atoms with van der Waals surface area (Å²) in [5, 5.41) is 3.25. The van der Waals surface area contributed by atoms with Crippen LogP contribution in [0.4, 0.5) is 20.9 Å². The van der Waals surface area contributed by atoms with E-state index < -0.39 is 11.7 Å². The molecule has 5 rings (SSSR count). The molecule has 0 saturated carbocycles. The monoisotopic (exact) mass is 471 g/mol. The van der Waals surface area contributed by atoms with E-state index in [1.54, 1.807) is 30.3 Å². The van der Waals surface area contributed by atoms with Crippen molar-refractivity contribution in [1.82, 2.24) is 4.98 Å². The number of hydrogen-bond acceptors (Lipinski definition) is 5. The van der Waals surface area contributed by atoms with Gasteiger partial charge in [0.05, 0.1) is 22.2 Å². The second-order valence-corrected chi connectivity index (χ2v) is 8.55. The number of anilines is 3. The first kappa shape index (κ1) is 21.5. The van der Waals surface area contributed by atoms with Crippen LogP contribution >= 0.6 is 11.3 Å². The summed E-state index contributed by atoms with van der Waals surface area (Å²) in [6.07, 6.45) is 1.42. The minimum Gasteiger partial charge on any atom is -0.459 e. The van der Waals surface area contributed by atoms with Crippen molar-refractivity contribution in [2.24, 2.45) is 0 Å². The van der Waals surface area contributed by atoms with Gasteiger partial charge in [0.15, 0.2) is 10.9 Å². The number of thiazole rings is 1. The molecule has 0 fully saturated rings. The molecule has 0 spiro atoms. The average Bonchev–Trinajstić information content (AvgIpc) is 3.52. The van der Waals surface area contributed by atoms with Crippen molar-refractivity contribution >= 4 is 49.9 Å². The maximum absolute atomic E-state index is 13.8. The fourth-order valence-corrected chi connectivity index (χ4v) is 4.46. The lowest BCUT2D eigenvalue weighted by Crippen LogP contribution is -2.26. The fraction of sp³-hybridized carbons (Fsp3) is 0.0385. The number of carbonyl (C=O) groups is 2. The Morgan fingerprint density at radius 3 is 2.53 bits per heavy atom. The number of furan rings is 1. The van der Waals surface area contributed by atoms with Gasteiger partial charge in [0, 0.05) is 11.3 Å². The zero-order valence-corrected chi connectivity index (χ0v) is 18.8. The van der Waals surface area contributed by atoms with Gasteiger partial charge in [0.25, 0.3) is 11.8 Å². The lowest BCUT2D eigenvalue weighted by atomic mass is 10.1. The molecule has 1 N–H and O–H groups in total. The molecule has 168 valence electrons. The Morgan fingerprint density at radius 2 is 1.79 bits per heavy atom. The second-order valence-electron chi connectivity index (χ2n) is 7.54. The van der Waals surface area contributed by atoms with E-state index in [2.05, 4.69) is 10.3 Å². The summed E-state index contributed by atoms with van der Waals surface area (Å²) in [6, 6.07) is 21.5. The number of para-hydroxylation sites is 1. The van der Waals surface area contributed by atoms with Crippen LogP contribution in [-0.4, -0.2) is 16.8 Å². The lowest BCUT2D eigenvalue weighted by molar-refractivity contribution is 0.0988. The van der Waals surface area contributed by atoms with Crippen molar-refractivity contribution in [2.45, 2.75) is 6.92 Å². The largest absolute Gasteiger partial charge is 0.459 e. The van der Waals surface area contributed by atoms with Crippen LogP contribution in [0.1, 0.15) is 26.5 Å². The molecule has 5 aromatic rings. The van der Waals surface area contributed by atoms with Crippen LogP contribution in [0.15, 0.2) is 89.5 Å². The summed E-state index contributed by atoms with van der Waals surface area (Å²) in [5.74, 6) is -1.02. The van der Waals surface area contributed by atoms with Gasteiger partial charge in [0.2, 0.25) is 0 Å². The van der Waals surface area contributed by atoms with E-state index in [1.165, 1.54) is 46.8 Å². The van der Waals surface area contributed by atoms with Gasteiger partial charge in [0.1, 0.15) is 5.82 Å². The molecule has 0 bridgehead atoms. The van der Waals surface area contributed by atoms with Crippen LogP contribution in [0, 0.1) is 12.7 Å². The van der Waals surface area contributed by atoms with Gasteiger partial charge in [-0.2, -0.15) is 0 Å². The molecule has 0 atom stereocenters. The Balaban J connectivity index is 1.54. The Kier molecular flexibility index (Phi) is 5.65. The zero-order chi connectivity index (χ0) is 23.7. The van der Waals surface area contributed by atoms with Gasteiger partial charge in [-0.15, -0.1) is 0 Å². The summed E-state index contributed by atoms with van der Waals surface area (Å²) in [5.41, 5.74) is 2.84. The summed E-state index contributed by atoms with van der Waals surface area (Å²) >= 11 is 1.36. The summed E-state index contributed by atoms with van der Waals surface area (Å²) in [4.78, 5) is 32.3. The highest BCUT2D eigenvalue weighted by Gasteiger charge is 2.24. The number of halogens is 1. The van der Waals surface area contributed by atoms with E-state index in [0.717, 1.165) is 15.8 Å². The SMILES string of the molecule is Cc1ccc(C(=O)N(c2ccc(F)cc2)c2nc3ccccc3s2)cc1NC(=O)c1ccco1. The van der Waals surface area contributed by atoms with E-state index in [1.807, 2.05) is 31.2 Å². The molecule has 0 aliphatic heterocycles. The standard InChI is InChI=1S/C26H18FN3O3S/c1-16-8-9-17(15-21(16)28-24(31)22-6-4-14-33-22)25(32)30(19-12-10-18(27)11-13-19)26-29-20-5-2-3-7-23(20)34-26/h2-15H,1H3,(H,28,31). The van der Waals surface area contributed by atoms with Gasteiger partial charge in [-0.1, -0.05) is 29.5 Å². The quantitative estimate of drug-likeness (QED) is 0.315. The van der Waals surface area contributed by atoms with Crippen molar-refractivity contribution in [3.05, 3.63) is 108 Å². The smallest absolute Gasteiger partial charge is 0.291 e. The highest BCUT2D eigenvalue weighted by Crippen LogP contribution is 2.35. The molecule has 2 heterocycles. The molecule has 0 aliphatic carbocycles. The number of rotatable bonds is 5. The Labute approximate surface area is 198 Å². The predicted octanol–water partition coefficient (Wildman–Crippen LogP) is 6.57. The van der Waals surface area contributed by atoms with Gasteiger partial charge in [-0.3, -0.25) is 14.5 Å². The molecular weight excluding hydrogens is 453 g/mol. The van der Waals surface area contributed by atoms with Crippen LogP contribution in [-0.2, 0) is 0 Å². The highest BCUT2D eigenvalue weighted by atomic mass is 32.1. The third-order valence-electron chi connectivity index (χ3n) is 5.24. The molecular formula is C26H18FN3O3S. The molecule has 2 amide bonds. The van der Waals surface area contributed by atoms with Gasteiger partial charge in [-0.05, 0) is 73.2 Å². The van der Waals surface area contributed by atoms with Crippen molar-refractivity contribution in [2.75, 3.05) is 10.2 Å². The molecule has 6 nitrogen and oxygen atoms in total. The maximum Gasteiger partial charge on any atom is 0.291 e. The van der Waals surface area contributed by atoms with E-state index >= 15 is 0 Å².